The molecule has 0 rings (SSSR count). The zero-order chi connectivity index (χ0) is 45.8. The summed E-state index contributed by atoms with van der Waals surface area (Å²) in [4.78, 5) is 37.9. The maximum atomic E-state index is 12.8. The molecule has 0 amide bonds. The summed E-state index contributed by atoms with van der Waals surface area (Å²) in [6.07, 6.45) is 67.9. The van der Waals surface area contributed by atoms with Gasteiger partial charge in [-0.3, -0.25) is 14.4 Å². The van der Waals surface area contributed by atoms with Gasteiger partial charge in [-0.2, -0.15) is 0 Å². The molecule has 0 N–H and O–H groups in total. The zero-order valence-electron chi connectivity index (χ0n) is 40.5. The van der Waals surface area contributed by atoms with Crippen molar-refractivity contribution in [3.63, 3.8) is 0 Å². The van der Waals surface area contributed by atoms with Gasteiger partial charge in [0.05, 0.1) is 0 Å². The minimum Gasteiger partial charge on any atom is -0.462 e. The fourth-order valence-electron chi connectivity index (χ4n) is 6.52. The van der Waals surface area contributed by atoms with Crippen LogP contribution in [0.5, 0.6) is 0 Å². The van der Waals surface area contributed by atoms with Crippen LogP contribution in [0.25, 0.3) is 0 Å². The lowest BCUT2D eigenvalue weighted by Crippen LogP contribution is -2.30. The molecule has 0 aliphatic heterocycles. The molecule has 0 radical (unpaired) electrons. The molecule has 0 unspecified atom stereocenters. The Kier molecular flexibility index (Phi) is 47.5. The first-order chi connectivity index (χ1) is 31.0. The van der Waals surface area contributed by atoms with Gasteiger partial charge < -0.3 is 14.2 Å². The Bertz CT molecular complexity index is 1330. The van der Waals surface area contributed by atoms with Crippen molar-refractivity contribution in [2.45, 2.75) is 219 Å². The third-order valence-corrected chi connectivity index (χ3v) is 10.3. The van der Waals surface area contributed by atoms with Gasteiger partial charge in [-0.05, 0) is 103 Å². The molecule has 1 atom stereocenters. The highest BCUT2D eigenvalue weighted by Crippen LogP contribution is 2.13. The molecule has 0 aromatic rings. The molecule has 6 nitrogen and oxygen atoms in total. The number of rotatable bonds is 44. The topological polar surface area (TPSA) is 78.9 Å². The number of ether oxygens (including phenoxy) is 3. The molecule has 0 aliphatic carbocycles. The molecule has 0 spiro atoms. The van der Waals surface area contributed by atoms with E-state index in [1.807, 2.05) is 0 Å². The average Bonchev–Trinajstić information content (AvgIpc) is 3.28. The molecule has 6 heteroatoms. The largest absolute Gasteiger partial charge is 0.462 e. The second-order valence-electron chi connectivity index (χ2n) is 16.3. The minimum atomic E-state index is -0.808. The van der Waals surface area contributed by atoms with Crippen LogP contribution >= 0.6 is 0 Å². The summed E-state index contributed by atoms with van der Waals surface area (Å²) in [5, 5.41) is 0. The molecule has 0 aromatic heterocycles. The number of hydrogen-bond donors (Lipinski definition) is 0. The highest BCUT2D eigenvalue weighted by atomic mass is 16.6. The van der Waals surface area contributed by atoms with E-state index in [0.717, 1.165) is 122 Å². The van der Waals surface area contributed by atoms with Crippen LogP contribution in [0.1, 0.15) is 213 Å². The number of hydrogen-bond acceptors (Lipinski definition) is 6. The number of carbonyl (C=O) groups excluding carboxylic acids is 3. The Morgan fingerprint density at radius 1 is 0.333 bits per heavy atom. The predicted molar refractivity (Wildman–Crippen MR) is 270 cm³/mol. The number of allylic oxidation sites excluding steroid dienone is 18. The smallest absolute Gasteiger partial charge is 0.306 e. The van der Waals surface area contributed by atoms with Crippen LogP contribution in [0, 0.1) is 0 Å². The Morgan fingerprint density at radius 3 is 1.00 bits per heavy atom. The highest BCUT2D eigenvalue weighted by Gasteiger charge is 2.19. The SMILES string of the molecule is CC/C=C\C/C=C\C/C=C\C/C=C\C/C=C\CCCCCC(=O)OC[C@H](COC(=O)CCCC/C=C\C/C=C\C/C=C\C/C=C\CC)OC(=O)CCCCCCCCCCCCC. The van der Waals surface area contributed by atoms with Crippen molar-refractivity contribution in [1.82, 2.24) is 0 Å². The Hall–Kier alpha value is -3.93. The summed E-state index contributed by atoms with van der Waals surface area (Å²) in [5.74, 6) is -0.986. The standard InChI is InChI=1S/C57H92O6/c1-4-7-10-13-16-19-22-24-26-27-28-29-31-33-36-38-41-44-47-50-56(59)62-53-54(63-57(60)51-48-45-42-39-34-21-18-15-12-9-6-3)52-61-55(58)49-46-43-40-37-35-32-30-25-23-20-17-14-11-8-5-2/h7-8,10-11,16-17,19-20,24-26,28-30,33,35-37,54H,4-6,9,12-15,18,21-23,27,31-32,34,38-53H2,1-3H3/b10-7-,11-8-,19-16-,20-17-,26-24-,29-28-,30-25-,36-33-,37-35-/t54-/m0/s1. The van der Waals surface area contributed by atoms with Crippen LogP contribution in [0.15, 0.2) is 109 Å². The lowest BCUT2D eigenvalue weighted by atomic mass is 10.1. The lowest BCUT2D eigenvalue weighted by Gasteiger charge is -2.18. The second kappa shape index (κ2) is 50.7. The number of unbranched alkanes of at least 4 members (excludes halogenated alkanes) is 15. The number of carbonyl (C=O) groups is 3. The zero-order valence-corrected chi connectivity index (χ0v) is 40.5. The van der Waals surface area contributed by atoms with Crippen LogP contribution in [0.2, 0.25) is 0 Å². The van der Waals surface area contributed by atoms with Crippen LogP contribution in [0.4, 0.5) is 0 Å². The predicted octanol–water partition coefficient (Wildman–Crippen LogP) is 16.8. The minimum absolute atomic E-state index is 0.109. The van der Waals surface area contributed by atoms with Gasteiger partial charge in [-0.25, -0.2) is 0 Å². The maximum absolute atomic E-state index is 12.8. The molecular weight excluding hydrogens is 781 g/mol. The van der Waals surface area contributed by atoms with Gasteiger partial charge in [-0.15, -0.1) is 0 Å². The summed E-state index contributed by atoms with van der Waals surface area (Å²) in [7, 11) is 0. The summed E-state index contributed by atoms with van der Waals surface area (Å²) in [5.41, 5.74) is 0. The van der Waals surface area contributed by atoms with E-state index in [0.29, 0.717) is 19.3 Å². The quantitative estimate of drug-likeness (QED) is 0.0263. The molecule has 0 aliphatic rings. The summed E-state index contributed by atoms with van der Waals surface area (Å²) >= 11 is 0. The van der Waals surface area contributed by atoms with Crippen LogP contribution in [-0.2, 0) is 28.6 Å². The monoisotopic (exact) mass is 873 g/mol. The third-order valence-electron chi connectivity index (χ3n) is 10.3. The van der Waals surface area contributed by atoms with Gasteiger partial charge in [0, 0.05) is 19.3 Å². The van der Waals surface area contributed by atoms with E-state index in [4.69, 9.17) is 14.2 Å². The third kappa shape index (κ3) is 49.0. The second-order valence-corrected chi connectivity index (χ2v) is 16.3. The Balaban J connectivity index is 4.49. The lowest BCUT2D eigenvalue weighted by molar-refractivity contribution is -0.167. The van der Waals surface area contributed by atoms with Crippen molar-refractivity contribution in [2.24, 2.45) is 0 Å². The van der Waals surface area contributed by atoms with Gasteiger partial charge in [0.15, 0.2) is 6.10 Å². The van der Waals surface area contributed by atoms with Gasteiger partial charge in [-0.1, -0.05) is 201 Å². The normalized spacial score (nSPS) is 13.0. The molecule has 356 valence electrons. The highest BCUT2D eigenvalue weighted by molar-refractivity contribution is 5.71. The molecule has 63 heavy (non-hydrogen) atoms. The van der Waals surface area contributed by atoms with Gasteiger partial charge in [0.2, 0.25) is 0 Å². The van der Waals surface area contributed by atoms with E-state index in [9.17, 15) is 14.4 Å². The molecule has 0 saturated carbocycles. The van der Waals surface area contributed by atoms with Gasteiger partial charge in [0.1, 0.15) is 13.2 Å². The summed E-state index contributed by atoms with van der Waals surface area (Å²) in [6, 6.07) is 0. The van der Waals surface area contributed by atoms with E-state index >= 15 is 0 Å². The fourth-order valence-corrected chi connectivity index (χ4v) is 6.52. The Morgan fingerprint density at radius 2 is 0.619 bits per heavy atom. The van der Waals surface area contributed by atoms with Crippen molar-refractivity contribution in [1.29, 1.82) is 0 Å². The first-order valence-corrected chi connectivity index (χ1v) is 25.4. The maximum Gasteiger partial charge on any atom is 0.306 e. The van der Waals surface area contributed by atoms with Crippen molar-refractivity contribution in [3.05, 3.63) is 109 Å². The first kappa shape index (κ1) is 59.1. The van der Waals surface area contributed by atoms with Crippen molar-refractivity contribution < 1.29 is 28.6 Å². The average molecular weight is 873 g/mol. The number of esters is 3. The van der Waals surface area contributed by atoms with Crippen molar-refractivity contribution in [2.75, 3.05) is 13.2 Å². The van der Waals surface area contributed by atoms with E-state index in [1.54, 1.807) is 0 Å². The van der Waals surface area contributed by atoms with Crippen molar-refractivity contribution in [3.8, 4) is 0 Å². The van der Waals surface area contributed by atoms with Crippen LogP contribution in [-0.4, -0.2) is 37.2 Å². The van der Waals surface area contributed by atoms with Gasteiger partial charge >= 0.3 is 17.9 Å². The Labute approximate surface area is 387 Å². The molecular formula is C57H92O6. The molecule has 0 fully saturated rings. The molecule has 0 aromatic carbocycles. The summed E-state index contributed by atoms with van der Waals surface area (Å²) in [6.45, 7) is 6.32. The molecule has 0 bridgehead atoms. The first-order valence-electron chi connectivity index (χ1n) is 25.4. The van der Waals surface area contributed by atoms with Crippen molar-refractivity contribution >= 4 is 17.9 Å². The summed E-state index contributed by atoms with van der Waals surface area (Å²) < 4.78 is 16.7. The molecule has 0 heterocycles. The van der Waals surface area contributed by atoms with Crippen LogP contribution in [0.3, 0.4) is 0 Å². The van der Waals surface area contributed by atoms with Crippen LogP contribution < -0.4 is 0 Å². The van der Waals surface area contributed by atoms with E-state index in [-0.39, 0.29) is 31.1 Å². The van der Waals surface area contributed by atoms with E-state index in [2.05, 4.69) is 130 Å². The van der Waals surface area contributed by atoms with E-state index < -0.39 is 6.10 Å². The fraction of sp³-hybridized carbons (Fsp3) is 0.632. The van der Waals surface area contributed by atoms with Gasteiger partial charge in [0.25, 0.3) is 0 Å². The molecule has 0 saturated heterocycles. The van der Waals surface area contributed by atoms with E-state index in [1.165, 1.54) is 51.4 Å².